The van der Waals surface area contributed by atoms with Gasteiger partial charge in [-0.1, -0.05) is 81.8 Å². The summed E-state index contributed by atoms with van der Waals surface area (Å²) in [7, 11) is 0. The van der Waals surface area contributed by atoms with Gasteiger partial charge in [0, 0.05) is 18.5 Å². The van der Waals surface area contributed by atoms with Gasteiger partial charge in [-0.25, -0.2) is 0 Å². The third kappa shape index (κ3) is 8.34. The van der Waals surface area contributed by atoms with Gasteiger partial charge in [0.25, 0.3) is 0 Å². The molecule has 2 aromatic rings. The lowest BCUT2D eigenvalue weighted by atomic mass is 9.86. The summed E-state index contributed by atoms with van der Waals surface area (Å²) in [6, 6.07) is 16.2. The normalized spacial score (nSPS) is 12.8. The number of carbonyl (C=O) groups is 2. The van der Waals surface area contributed by atoms with Crippen LogP contribution in [0.1, 0.15) is 83.6 Å². The van der Waals surface area contributed by atoms with E-state index in [0.29, 0.717) is 25.8 Å². The van der Waals surface area contributed by atoms with Crippen molar-refractivity contribution in [2.75, 3.05) is 0 Å². The van der Waals surface area contributed by atoms with Crippen molar-refractivity contribution in [1.82, 2.24) is 10.2 Å². The molecule has 1 unspecified atom stereocenters. The van der Waals surface area contributed by atoms with Crippen LogP contribution in [0, 0.1) is 6.92 Å². The molecule has 4 heteroatoms. The quantitative estimate of drug-likeness (QED) is 0.540. The first-order valence-corrected chi connectivity index (χ1v) is 12.1. The van der Waals surface area contributed by atoms with E-state index in [9.17, 15) is 9.59 Å². The highest BCUT2D eigenvalue weighted by Gasteiger charge is 2.30. The van der Waals surface area contributed by atoms with Crippen LogP contribution in [0.25, 0.3) is 0 Å². The Labute approximate surface area is 200 Å². The Hall–Kier alpha value is -2.62. The molecule has 0 aromatic heterocycles. The van der Waals surface area contributed by atoms with E-state index in [2.05, 4.69) is 56.4 Å². The summed E-state index contributed by atoms with van der Waals surface area (Å²) >= 11 is 0. The van der Waals surface area contributed by atoms with Gasteiger partial charge >= 0.3 is 0 Å². The smallest absolute Gasteiger partial charge is 0.243 e. The van der Waals surface area contributed by atoms with E-state index in [4.69, 9.17) is 0 Å². The van der Waals surface area contributed by atoms with E-state index in [-0.39, 0.29) is 22.8 Å². The van der Waals surface area contributed by atoms with E-state index in [1.54, 1.807) is 4.90 Å². The molecule has 0 aliphatic heterocycles. The number of nitrogens with one attached hydrogen (secondary N) is 1. The van der Waals surface area contributed by atoms with E-state index >= 15 is 0 Å². The topological polar surface area (TPSA) is 49.4 Å². The molecule has 1 N–H and O–H groups in total. The number of benzene rings is 2. The van der Waals surface area contributed by atoms with Crippen LogP contribution in [-0.2, 0) is 28.0 Å². The summed E-state index contributed by atoms with van der Waals surface area (Å²) in [6.45, 7) is 16.9. The van der Waals surface area contributed by atoms with Crippen molar-refractivity contribution in [3.05, 3.63) is 70.8 Å². The molecule has 0 radical (unpaired) electrons. The Morgan fingerprint density at radius 1 is 0.939 bits per heavy atom. The van der Waals surface area contributed by atoms with Crippen molar-refractivity contribution in [3.8, 4) is 0 Å². The number of amides is 2. The largest absolute Gasteiger partial charge is 0.350 e. The van der Waals surface area contributed by atoms with Gasteiger partial charge in [0.2, 0.25) is 11.8 Å². The minimum absolute atomic E-state index is 0.00677. The van der Waals surface area contributed by atoms with Crippen molar-refractivity contribution < 1.29 is 9.59 Å². The molecular formula is C29H42N2O2. The number of rotatable bonds is 8. The van der Waals surface area contributed by atoms with Crippen molar-refractivity contribution in [2.24, 2.45) is 0 Å². The Morgan fingerprint density at radius 3 is 2.09 bits per heavy atom. The molecule has 1 atom stereocenters. The average Bonchev–Trinajstić information content (AvgIpc) is 2.70. The summed E-state index contributed by atoms with van der Waals surface area (Å²) in [5, 5.41) is 3.06. The fourth-order valence-electron chi connectivity index (χ4n) is 3.95. The van der Waals surface area contributed by atoms with Crippen LogP contribution in [0.2, 0.25) is 0 Å². The second-order valence-electron chi connectivity index (χ2n) is 11.1. The Morgan fingerprint density at radius 2 is 1.58 bits per heavy atom. The molecule has 0 saturated carbocycles. The van der Waals surface area contributed by atoms with E-state index in [1.165, 1.54) is 5.56 Å². The lowest BCUT2D eigenvalue weighted by molar-refractivity contribution is -0.142. The zero-order chi connectivity index (χ0) is 24.8. The summed E-state index contributed by atoms with van der Waals surface area (Å²) < 4.78 is 0. The lowest BCUT2D eigenvalue weighted by Gasteiger charge is -2.33. The van der Waals surface area contributed by atoms with Gasteiger partial charge < -0.3 is 10.2 Å². The highest BCUT2D eigenvalue weighted by atomic mass is 16.2. The van der Waals surface area contributed by atoms with Gasteiger partial charge in [-0.3, -0.25) is 9.59 Å². The van der Waals surface area contributed by atoms with Crippen LogP contribution in [0.15, 0.2) is 48.5 Å². The number of hydrogen-bond acceptors (Lipinski definition) is 2. The monoisotopic (exact) mass is 450 g/mol. The molecule has 2 rings (SSSR count). The first-order chi connectivity index (χ1) is 15.3. The van der Waals surface area contributed by atoms with Gasteiger partial charge in [-0.2, -0.15) is 0 Å². The first-order valence-electron chi connectivity index (χ1n) is 12.1. The number of carbonyl (C=O) groups excluding carboxylic acids is 2. The predicted octanol–water partition coefficient (Wildman–Crippen LogP) is 5.95. The lowest BCUT2D eigenvalue weighted by Crippen LogP contribution is -2.53. The van der Waals surface area contributed by atoms with Crippen LogP contribution in [0.4, 0.5) is 0 Å². The predicted molar refractivity (Wildman–Crippen MR) is 137 cm³/mol. The summed E-state index contributed by atoms with van der Waals surface area (Å²) in [6.07, 6.45) is 1.60. The molecule has 2 aromatic carbocycles. The molecule has 0 saturated heterocycles. The third-order valence-corrected chi connectivity index (χ3v) is 5.77. The minimum atomic E-state index is -0.500. The molecule has 33 heavy (non-hydrogen) atoms. The van der Waals surface area contributed by atoms with Gasteiger partial charge in [-0.05, 0) is 62.6 Å². The second-order valence-corrected chi connectivity index (χ2v) is 11.1. The highest BCUT2D eigenvalue weighted by molar-refractivity contribution is 5.88. The number of hydrogen-bond donors (Lipinski definition) is 1. The molecule has 0 bridgehead atoms. The zero-order valence-electron chi connectivity index (χ0n) is 21.8. The average molecular weight is 451 g/mol. The fourth-order valence-corrected chi connectivity index (χ4v) is 3.95. The van der Waals surface area contributed by atoms with Crippen LogP contribution in [-0.4, -0.2) is 28.3 Å². The summed E-state index contributed by atoms with van der Waals surface area (Å²) in [5.41, 5.74) is 4.36. The SMILES string of the molecule is CCC(C(=O)NC(C)(C)C)N(Cc1cccc(C)c1)C(=O)CCc1ccc(C(C)(C)C)cc1. The highest BCUT2D eigenvalue weighted by Crippen LogP contribution is 2.23. The third-order valence-electron chi connectivity index (χ3n) is 5.77. The van der Waals surface area contributed by atoms with Crippen LogP contribution in [0.3, 0.4) is 0 Å². The maximum Gasteiger partial charge on any atom is 0.243 e. The molecule has 0 aliphatic carbocycles. The summed E-state index contributed by atoms with van der Waals surface area (Å²) in [5.74, 6) is -0.0900. The molecule has 0 fully saturated rings. The van der Waals surface area contributed by atoms with E-state index < -0.39 is 6.04 Å². The second kappa shape index (κ2) is 11.0. The van der Waals surface area contributed by atoms with Gasteiger partial charge in [0.05, 0.1) is 0 Å². The van der Waals surface area contributed by atoms with Crippen LogP contribution >= 0.6 is 0 Å². The Kier molecular flexibility index (Phi) is 8.88. The zero-order valence-corrected chi connectivity index (χ0v) is 21.8. The fraction of sp³-hybridized carbons (Fsp3) is 0.517. The van der Waals surface area contributed by atoms with E-state index in [0.717, 1.165) is 16.7 Å². The Bertz CT molecular complexity index is 933. The molecular weight excluding hydrogens is 408 g/mol. The van der Waals surface area contributed by atoms with E-state index in [1.807, 2.05) is 52.8 Å². The van der Waals surface area contributed by atoms with Crippen molar-refractivity contribution in [2.45, 2.75) is 98.2 Å². The first kappa shape index (κ1) is 26.6. The van der Waals surface area contributed by atoms with Crippen LogP contribution < -0.4 is 5.32 Å². The number of nitrogens with zero attached hydrogens (tertiary/aromatic N) is 1. The number of aryl methyl sites for hydroxylation is 2. The van der Waals surface area contributed by atoms with Crippen molar-refractivity contribution in [1.29, 1.82) is 0 Å². The van der Waals surface area contributed by atoms with Crippen LogP contribution in [0.5, 0.6) is 0 Å². The standard InChI is InChI=1S/C29H42N2O2/c1-9-25(27(33)30-29(6,7)8)31(20-23-12-10-11-21(2)19-23)26(32)18-15-22-13-16-24(17-14-22)28(3,4)5/h10-14,16-17,19,25H,9,15,18,20H2,1-8H3,(H,30,33). The maximum atomic E-state index is 13.4. The van der Waals surface area contributed by atoms with Crippen molar-refractivity contribution in [3.63, 3.8) is 0 Å². The van der Waals surface area contributed by atoms with Gasteiger partial charge in [-0.15, -0.1) is 0 Å². The molecule has 2 amide bonds. The molecule has 0 heterocycles. The molecule has 4 nitrogen and oxygen atoms in total. The minimum Gasteiger partial charge on any atom is -0.350 e. The maximum absolute atomic E-state index is 13.4. The molecule has 180 valence electrons. The van der Waals surface area contributed by atoms with Crippen molar-refractivity contribution >= 4 is 11.8 Å². The van der Waals surface area contributed by atoms with Gasteiger partial charge in [0.15, 0.2) is 0 Å². The summed E-state index contributed by atoms with van der Waals surface area (Å²) in [4.78, 5) is 28.3. The van der Waals surface area contributed by atoms with Gasteiger partial charge in [0.1, 0.15) is 6.04 Å². The Balaban J connectivity index is 2.22. The molecule has 0 aliphatic rings. The molecule has 0 spiro atoms.